The Labute approximate surface area is 106 Å². The molecule has 19 heavy (non-hydrogen) atoms. The van der Waals surface area contributed by atoms with Crippen LogP contribution in [0.3, 0.4) is 0 Å². The summed E-state index contributed by atoms with van der Waals surface area (Å²) < 4.78 is 2.40. The number of amides is 2. The first kappa shape index (κ1) is 11.5. The van der Waals surface area contributed by atoms with E-state index < -0.39 is 17.6 Å². The third kappa shape index (κ3) is 1.77. The Bertz CT molecular complexity index is 744. The quantitative estimate of drug-likeness (QED) is 0.643. The summed E-state index contributed by atoms with van der Waals surface area (Å²) in [5.41, 5.74) is 6.04. The van der Waals surface area contributed by atoms with Crippen molar-refractivity contribution in [3.63, 3.8) is 0 Å². The van der Waals surface area contributed by atoms with E-state index in [0.717, 1.165) is 4.68 Å². The fraction of sp³-hybridized carbons (Fsp3) is 0.273. The number of hydrogen-bond acceptors (Lipinski definition) is 5. The topological polar surface area (TPSA) is 111 Å². The number of nitrogen functional groups attached to an aromatic ring is 1. The Morgan fingerprint density at radius 3 is 2.89 bits per heavy atom. The van der Waals surface area contributed by atoms with Gasteiger partial charge in [-0.15, -0.1) is 5.10 Å². The SMILES string of the molecule is Nc1ccn2c(=O)n(C3CCC(=O)NC3=O)nc2c1. The van der Waals surface area contributed by atoms with Gasteiger partial charge in [0.25, 0.3) is 5.91 Å². The zero-order valence-electron chi connectivity index (χ0n) is 9.87. The molecule has 0 spiro atoms. The maximum Gasteiger partial charge on any atom is 0.351 e. The third-order valence-corrected chi connectivity index (χ3v) is 3.08. The maximum atomic E-state index is 12.1. The fourth-order valence-corrected chi connectivity index (χ4v) is 2.12. The molecule has 98 valence electrons. The summed E-state index contributed by atoms with van der Waals surface area (Å²) in [6, 6.07) is 2.36. The lowest BCUT2D eigenvalue weighted by Crippen LogP contribution is -2.44. The molecular formula is C11H11N5O3. The van der Waals surface area contributed by atoms with Crippen LogP contribution >= 0.6 is 0 Å². The number of hydrogen-bond donors (Lipinski definition) is 2. The molecule has 0 radical (unpaired) electrons. The number of anilines is 1. The van der Waals surface area contributed by atoms with Gasteiger partial charge in [0.2, 0.25) is 5.91 Å². The molecule has 1 aliphatic rings. The van der Waals surface area contributed by atoms with Crippen LogP contribution in [0, 0.1) is 0 Å². The number of imide groups is 1. The molecule has 0 aliphatic carbocycles. The van der Waals surface area contributed by atoms with Crippen LogP contribution in [-0.4, -0.2) is 26.0 Å². The highest BCUT2D eigenvalue weighted by Gasteiger charge is 2.30. The number of carbonyl (C=O) groups excluding carboxylic acids is 2. The number of nitrogens with one attached hydrogen (secondary N) is 1. The lowest BCUT2D eigenvalue weighted by Gasteiger charge is -2.19. The zero-order valence-corrected chi connectivity index (χ0v) is 9.87. The second kappa shape index (κ2) is 3.94. The van der Waals surface area contributed by atoms with Crippen LogP contribution in [0.25, 0.3) is 5.65 Å². The van der Waals surface area contributed by atoms with E-state index in [9.17, 15) is 14.4 Å². The fourth-order valence-electron chi connectivity index (χ4n) is 2.12. The van der Waals surface area contributed by atoms with Crippen LogP contribution in [0.15, 0.2) is 23.1 Å². The van der Waals surface area contributed by atoms with Crippen LogP contribution in [0.5, 0.6) is 0 Å². The van der Waals surface area contributed by atoms with Gasteiger partial charge in [-0.3, -0.25) is 19.3 Å². The molecule has 3 N–H and O–H groups in total. The van der Waals surface area contributed by atoms with Crippen molar-refractivity contribution >= 4 is 23.1 Å². The van der Waals surface area contributed by atoms with Crippen molar-refractivity contribution < 1.29 is 9.59 Å². The molecule has 1 unspecified atom stereocenters. The molecule has 8 heteroatoms. The predicted molar refractivity (Wildman–Crippen MR) is 65.3 cm³/mol. The Morgan fingerprint density at radius 1 is 1.37 bits per heavy atom. The highest BCUT2D eigenvalue weighted by molar-refractivity contribution is 5.99. The molecule has 1 aliphatic heterocycles. The molecule has 0 aromatic carbocycles. The normalized spacial score (nSPS) is 19.7. The molecular weight excluding hydrogens is 250 g/mol. The summed E-state index contributed by atoms with van der Waals surface area (Å²) in [5, 5.41) is 6.29. The Kier molecular flexibility index (Phi) is 2.37. The first-order valence-corrected chi connectivity index (χ1v) is 5.76. The number of fused-ring (bicyclic) bond motifs is 1. The smallest absolute Gasteiger partial charge is 0.351 e. The van der Waals surface area contributed by atoms with Gasteiger partial charge in [0.05, 0.1) is 0 Å². The number of piperidine rings is 1. The average Bonchev–Trinajstić information content (AvgIpc) is 2.66. The van der Waals surface area contributed by atoms with Gasteiger partial charge in [-0.25, -0.2) is 4.79 Å². The molecule has 2 aromatic heterocycles. The van der Waals surface area contributed by atoms with Crippen LogP contribution in [0.4, 0.5) is 5.69 Å². The van der Waals surface area contributed by atoms with Gasteiger partial charge >= 0.3 is 5.69 Å². The molecule has 2 aromatic rings. The molecule has 1 saturated heterocycles. The molecule has 1 fully saturated rings. The number of nitrogens with zero attached hydrogens (tertiary/aromatic N) is 3. The van der Waals surface area contributed by atoms with E-state index in [2.05, 4.69) is 10.4 Å². The minimum absolute atomic E-state index is 0.193. The lowest BCUT2D eigenvalue weighted by atomic mass is 10.1. The van der Waals surface area contributed by atoms with Crippen molar-refractivity contribution in [3.8, 4) is 0 Å². The Balaban J connectivity index is 2.10. The minimum Gasteiger partial charge on any atom is -0.399 e. The van der Waals surface area contributed by atoms with Gasteiger partial charge in [0.15, 0.2) is 5.65 Å². The van der Waals surface area contributed by atoms with Crippen molar-refractivity contribution in [3.05, 3.63) is 28.8 Å². The van der Waals surface area contributed by atoms with Crippen LogP contribution in [-0.2, 0) is 9.59 Å². The summed E-state index contributed by atoms with van der Waals surface area (Å²) in [5.74, 6) is -0.836. The third-order valence-electron chi connectivity index (χ3n) is 3.08. The number of rotatable bonds is 1. The Morgan fingerprint density at radius 2 is 2.16 bits per heavy atom. The summed E-state index contributed by atoms with van der Waals surface area (Å²) >= 11 is 0. The van der Waals surface area contributed by atoms with Crippen molar-refractivity contribution in [2.24, 2.45) is 0 Å². The molecule has 3 rings (SSSR count). The number of pyridine rings is 1. The predicted octanol–water partition coefficient (Wildman–Crippen LogP) is -0.944. The van der Waals surface area contributed by atoms with Gasteiger partial charge in [-0.05, 0) is 12.5 Å². The highest BCUT2D eigenvalue weighted by atomic mass is 16.2. The molecule has 2 amide bonds. The summed E-state index contributed by atoms with van der Waals surface area (Å²) in [7, 11) is 0. The van der Waals surface area contributed by atoms with E-state index in [1.165, 1.54) is 10.6 Å². The molecule has 3 heterocycles. The number of nitrogens with two attached hydrogens (primary N) is 1. The number of aromatic nitrogens is 3. The van der Waals surface area contributed by atoms with Crippen molar-refractivity contribution in [2.45, 2.75) is 18.9 Å². The first-order valence-electron chi connectivity index (χ1n) is 5.76. The molecule has 1 atom stereocenters. The van der Waals surface area contributed by atoms with E-state index in [-0.39, 0.29) is 18.7 Å². The summed E-state index contributed by atoms with van der Waals surface area (Å²) in [4.78, 5) is 34.9. The number of carbonyl (C=O) groups is 2. The maximum absolute atomic E-state index is 12.1. The monoisotopic (exact) mass is 261 g/mol. The van der Waals surface area contributed by atoms with E-state index in [0.29, 0.717) is 11.3 Å². The summed E-state index contributed by atoms with van der Waals surface area (Å²) in [6.07, 6.45) is 1.96. The molecule has 0 bridgehead atoms. The summed E-state index contributed by atoms with van der Waals surface area (Å²) in [6.45, 7) is 0. The van der Waals surface area contributed by atoms with Crippen molar-refractivity contribution in [2.75, 3.05) is 5.73 Å². The first-order chi connectivity index (χ1) is 9.06. The van der Waals surface area contributed by atoms with Gasteiger partial charge < -0.3 is 5.73 Å². The van der Waals surface area contributed by atoms with Crippen LogP contribution < -0.4 is 16.7 Å². The van der Waals surface area contributed by atoms with Gasteiger partial charge in [-0.2, -0.15) is 4.68 Å². The zero-order chi connectivity index (χ0) is 13.6. The van der Waals surface area contributed by atoms with Gasteiger partial charge in [0, 0.05) is 24.4 Å². The van der Waals surface area contributed by atoms with E-state index in [1.54, 1.807) is 12.1 Å². The standard InChI is InChI=1S/C11H11N5O3/c12-6-3-4-15-8(5-6)14-16(11(15)19)7-1-2-9(17)13-10(7)18/h3-5,7H,1-2,12H2,(H,13,17,18). The Hall–Kier alpha value is -2.64. The lowest BCUT2D eigenvalue weighted by molar-refractivity contribution is -0.136. The highest BCUT2D eigenvalue weighted by Crippen LogP contribution is 2.16. The van der Waals surface area contributed by atoms with Gasteiger partial charge in [0.1, 0.15) is 6.04 Å². The van der Waals surface area contributed by atoms with Crippen LogP contribution in [0.2, 0.25) is 0 Å². The largest absolute Gasteiger partial charge is 0.399 e. The van der Waals surface area contributed by atoms with E-state index in [1.807, 2.05) is 0 Å². The van der Waals surface area contributed by atoms with Gasteiger partial charge in [-0.1, -0.05) is 0 Å². The molecule has 8 nitrogen and oxygen atoms in total. The van der Waals surface area contributed by atoms with Crippen molar-refractivity contribution in [1.82, 2.24) is 19.5 Å². The second-order valence-electron chi connectivity index (χ2n) is 4.38. The second-order valence-corrected chi connectivity index (χ2v) is 4.38. The minimum atomic E-state index is -0.758. The van der Waals surface area contributed by atoms with E-state index in [4.69, 9.17) is 5.73 Å². The van der Waals surface area contributed by atoms with Crippen LogP contribution in [0.1, 0.15) is 18.9 Å². The van der Waals surface area contributed by atoms with Crippen molar-refractivity contribution in [1.29, 1.82) is 0 Å². The molecule has 0 saturated carbocycles. The van der Waals surface area contributed by atoms with E-state index >= 15 is 0 Å². The average molecular weight is 261 g/mol.